The molecule has 0 spiro atoms. The average Bonchev–Trinajstić information content (AvgIpc) is 1.60. The molecule has 36 heteroatoms. The van der Waals surface area contributed by atoms with E-state index in [4.69, 9.17) is 79.8 Å². The molecule has 720 valence electrons. The number of carbonyl (C=O) groups excluding carboxylic acids is 4. The highest BCUT2D eigenvalue weighted by Crippen LogP contribution is 2.40. The predicted octanol–water partition coefficient (Wildman–Crippen LogP) is 11.2. The lowest BCUT2D eigenvalue weighted by Crippen LogP contribution is -2.39. The van der Waals surface area contributed by atoms with Gasteiger partial charge in [-0.1, -0.05) is 24.3 Å². The molecular formula is C100H128N24O8S4. The SMILES string of the molecule is Cc1ccc2c(N)c(C(=O)N[C@H]3CCc4nc(N5C[C@@H](N)[C@@H](OC(C)C)C5)ccc4C3)sc2n1.Cc1ccc2c(N)c(C(=O)N[C@H]3CCc4nc(N5C[C@H](N)[C@H](OC(C)C)C5)ccc4C3)sc2n1.Cc1ccc2c(N)c(C(=O)N[C@H]3CCc4nc(N5C[C@H](OC(C)C)[C@@H](N)C5)ccc4C3)sc2n1.Cc1cnc2c(N)c(C(=O)N[C@H]3CCc4cc(N5C[C@H](OC(C)C)[C@@H](N)C5)ccc4C3)sc2n1. The van der Waals surface area contributed by atoms with E-state index in [0.717, 1.165) is 217 Å². The number of rotatable bonds is 20. The van der Waals surface area contributed by atoms with E-state index in [1.54, 1.807) is 6.20 Å². The van der Waals surface area contributed by atoms with Gasteiger partial charge in [0.15, 0.2) is 0 Å². The number of nitrogens with one attached hydrogen (secondary N) is 4. The van der Waals surface area contributed by atoms with Crippen LogP contribution in [-0.4, -0.2) is 213 Å². The topological polar surface area (TPSA) is 478 Å². The first-order chi connectivity index (χ1) is 65.1. The van der Waals surface area contributed by atoms with Crippen molar-refractivity contribution in [2.75, 3.05) is 94.9 Å². The minimum atomic E-state index is -0.146. The summed E-state index contributed by atoms with van der Waals surface area (Å²) in [6, 6.07) is 31.0. The molecular weight excluding hydrogens is 1790 g/mol. The van der Waals surface area contributed by atoms with E-state index in [1.807, 2.05) is 119 Å². The fourth-order valence-corrected chi connectivity index (χ4v) is 23.7. The Balaban J connectivity index is 0.000000126. The van der Waals surface area contributed by atoms with Crippen LogP contribution in [0.15, 0.2) is 97.2 Å². The fourth-order valence-electron chi connectivity index (χ4n) is 19.6. The van der Waals surface area contributed by atoms with Crippen molar-refractivity contribution < 1.29 is 38.1 Å². The zero-order valence-electron chi connectivity index (χ0n) is 79.5. The molecule has 0 unspecified atom stereocenters. The number of carbonyl (C=O) groups is 4. The van der Waals surface area contributed by atoms with Crippen LogP contribution in [0.5, 0.6) is 0 Å². The molecule has 4 aliphatic heterocycles. The molecule has 1 aromatic carbocycles. The van der Waals surface area contributed by atoms with Crippen molar-refractivity contribution in [3.63, 3.8) is 0 Å². The van der Waals surface area contributed by atoms with E-state index in [2.05, 4.69) is 120 Å². The predicted molar refractivity (Wildman–Crippen MR) is 546 cm³/mol. The fraction of sp³-hybridized carbons (Fsp3) is 0.480. The molecule has 15 heterocycles. The lowest BCUT2D eigenvalue weighted by molar-refractivity contribution is 0.0125. The zero-order chi connectivity index (χ0) is 95.9. The summed E-state index contributed by atoms with van der Waals surface area (Å²) in [6.45, 7) is 30.1. The minimum absolute atomic E-state index is 0.0136. The van der Waals surface area contributed by atoms with Gasteiger partial charge in [0.05, 0.1) is 101 Å². The van der Waals surface area contributed by atoms with Gasteiger partial charge in [-0.15, -0.1) is 45.3 Å². The lowest BCUT2D eigenvalue weighted by atomic mass is 9.87. The number of benzene rings is 1. The van der Waals surface area contributed by atoms with Crippen molar-refractivity contribution in [2.45, 2.75) is 257 Å². The van der Waals surface area contributed by atoms with Crippen LogP contribution in [0, 0.1) is 27.7 Å². The van der Waals surface area contributed by atoms with Gasteiger partial charge >= 0.3 is 0 Å². The average molecular weight is 1920 g/mol. The first-order valence-electron chi connectivity index (χ1n) is 47.6. The number of ether oxygens (including phenoxy) is 4. The van der Waals surface area contributed by atoms with Crippen LogP contribution in [0.3, 0.4) is 0 Å². The Morgan fingerprint density at radius 3 is 1.00 bits per heavy atom. The van der Waals surface area contributed by atoms with Crippen LogP contribution in [-0.2, 0) is 70.3 Å². The molecule has 4 fully saturated rings. The summed E-state index contributed by atoms with van der Waals surface area (Å²) in [4.78, 5) is 103. The number of aromatic nitrogens is 8. The maximum absolute atomic E-state index is 13.0. The number of fused-ring (bicyclic) bond motifs is 8. The van der Waals surface area contributed by atoms with Gasteiger partial charge in [0.1, 0.15) is 61.8 Å². The summed E-state index contributed by atoms with van der Waals surface area (Å²) in [5.41, 5.74) is 67.0. The number of nitrogens with zero attached hydrogens (tertiary/aromatic N) is 12. The quantitative estimate of drug-likeness (QED) is 0.0337. The molecule has 8 aliphatic rings. The summed E-state index contributed by atoms with van der Waals surface area (Å²) in [6.07, 6.45) is 12.3. The minimum Gasteiger partial charge on any atom is -0.397 e. The molecule has 136 heavy (non-hydrogen) atoms. The molecule has 12 aromatic rings. The van der Waals surface area contributed by atoms with Crippen LogP contribution in [0.25, 0.3) is 41.0 Å². The molecule has 20 rings (SSSR count). The van der Waals surface area contributed by atoms with Gasteiger partial charge in [0.25, 0.3) is 23.6 Å². The Hall–Kier alpha value is -11.0. The van der Waals surface area contributed by atoms with Crippen LogP contribution in [0.2, 0.25) is 0 Å². The number of nitrogens with two attached hydrogens (primary N) is 8. The van der Waals surface area contributed by atoms with Gasteiger partial charge in [-0.3, -0.25) is 19.2 Å². The van der Waals surface area contributed by atoms with E-state index in [0.29, 0.717) is 52.6 Å². The van der Waals surface area contributed by atoms with Crippen molar-refractivity contribution >= 4 is 156 Å². The number of amides is 4. The van der Waals surface area contributed by atoms with Gasteiger partial charge in [-0.05, 0) is 255 Å². The molecule has 4 amide bonds. The van der Waals surface area contributed by atoms with E-state index in [9.17, 15) is 19.2 Å². The number of anilines is 8. The second-order valence-corrected chi connectivity index (χ2v) is 42.6. The number of hydrogen-bond donors (Lipinski definition) is 12. The third kappa shape index (κ3) is 21.9. The molecule has 12 atom stereocenters. The molecule has 4 aliphatic carbocycles. The van der Waals surface area contributed by atoms with Crippen molar-refractivity contribution in [1.29, 1.82) is 0 Å². The molecule has 0 bridgehead atoms. The first kappa shape index (κ1) is 96.7. The van der Waals surface area contributed by atoms with Crippen molar-refractivity contribution in [1.82, 2.24) is 61.1 Å². The maximum atomic E-state index is 13.0. The normalized spacial score (nSPS) is 22.4. The molecule has 32 nitrogen and oxygen atoms in total. The molecule has 11 aromatic heterocycles. The Morgan fingerprint density at radius 1 is 0.346 bits per heavy atom. The lowest BCUT2D eigenvalue weighted by Gasteiger charge is -2.27. The van der Waals surface area contributed by atoms with Gasteiger partial charge < -0.3 is 106 Å². The van der Waals surface area contributed by atoms with Crippen LogP contribution >= 0.6 is 45.3 Å². The van der Waals surface area contributed by atoms with E-state index < -0.39 is 0 Å². The van der Waals surface area contributed by atoms with Gasteiger partial charge in [-0.2, -0.15) is 0 Å². The Morgan fingerprint density at radius 2 is 0.647 bits per heavy atom. The highest BCUT2D eigenvalue weighted by molar-refractivity contribution is 7.22. The number of pyridine rings is 6. The van der Waals surface area contributed by atoms with Crippen LogP contribution in [0.1, 0.15) is 187 Å². The van der Waals surface area contributed by atoms with Crippen molar-refractivity contribution in [3.8, 4) is 0 Å². The summed E-state index contributed by atoms with van der Waals surface area (Å²) in [5, 5.41) is 15.3. The first-order valence-corrected chi connectivity index (χ1v) is 50.8. The summed E-state index contributed by atoms with van der Waals surface area (Å²) >= 11 is 5.36. The second kappa shape index (κ2) is 41.3. The number of nitrogen functional groups attached to an aromatic ring is 4. The summed E-state index contributed by atoms with van der Waals surface area (Å²) < 4.78 is 23.9. The largest absolute Gasteiger partial charge is 0.397 e. The molecule has 0 radical (unpaired) electrons. The van der Waals surface area contributed by atoms with E-state index in [1.165, 1.54) is 78.9 Å². The molecule has 20 N–H and O–H groups in total. The summed E-state index contributed by atoms with van der Waals surface area (Å²) in [7, 11) is 0. The van der Waals surface area contributed by atoms with Gasteiger partial charge in [0, 0.05) is 139 Å². The Bertz CT molecular complexity index is 5660. The Kier molecular flexibility index (Phi) is 29.4. The van der Waals surface area contributed by atoms with Crippen LogP contribution in [0.4, 0.5) is 45.9 Å². The molecule has 0 saturated carbocycles. The number of aryl methyl sites for hydroxylation is 8. The second-order valence-electron chi connectivity index (χ2n) is 38.6. The van der Waals surface area contributed by atoms with Crippen molar-refractivity contribution in [2.24, 2.45) is 22.9 Å². The maximum Gasteiger partial charge on any atom is 0.263 e. The van der Waals surface area contributed by atoms with E-state index >= 15 is 0 Å². The van der Waals surface area contributed by atoms with E-state index in [-0.39, 0.29) is 121 Å². The zero-order valence-corrected chi connectivity index (χ0v) is 82.8. The highest BCUT2D eigenvalue weighted by atomic mass is 32.1. The Labute approximate surface area is 809 Å². The standard InChI is InChI=1S/4C25H32N6O2S/c3*1-13(2)33-20-12-31(11-18(20)26)21-9-5-15-10-16(6-8-19(15)30-21)29-24(32)23-22(27)17-7-4-14(3)28-25(17)34-23;1-13(2)33-20-12-31(11-19(20)26)18-7-5-15-8-17(6-4-16(15)9-18)30-24(32)23-21(27)22-25(34-23)29-14(3)10-28-22/h3*4-5,7,9,13,16,18,20H,6,8,10-12,26-27H2,1-3H3,(H,29,32);5,7,9-10,13,17,19-20H,4,6,8,11-12,26-27H2,1-3H3,(H,30,32)/t16-,18+,20-;16-,18-,20+;16-,18-,20-;17-,19-,20-/m0000/s1. The number of hydrogen-bond acceptors (Lipinski definition) is 32. The van der Waals surface area contributed by atoms with Crippen LogP contribution < -0.4 is 86.7 Å². The summed E-state index contributed by atoms with van der Waals surface area (Å²) in [5.74, 6) is 2.33. The monoisotopic (exact) mass is 1920 g/mol. The van der Waals surface area contributed by atoms with Crippen molar-refractivity contribution in [3.05, 3.63) is 184 Å². The highest BCUT2D eigenvalue weighted by Gasteiger charge is 2.39. The molecule has 4 saturated heterocycles. The van der Waals surface area contributed by atoms with Gasteiger partial charge in [0.2, 0.25) is 0 Å². The van der Waals surface area contributed by atoms with Gasteiger partial charge in [-0.25, -0.2) is 39.9 Å². The number of thiophene rings is 4. The third-order valence-electron chi connectivity index (χ3n) is 26.5. The smallest absolute Gasteiger partial charge is 0.263 e. The third-order valence-corrected chi connectivity index (χ3v) is 30.9.